The van der Waals surface area contributed by atoms with Gasteiger partial charge in [0.15, 0.2) is 15.6 Å². The van der Waals surface area contributed by atoms with Crippen molar-refractivity contribution in [1.29, 1.82) is 0 Å². The third-order valence-corrected chi connectivity index (χ3v) is 6.48. The molecule has 176 valence electrons. The summed E-state index contributed by atoms with van der Waals surface area (Å²) in [5.74, 6) is 0.263. The number of methoxy groups -OCH3 is 1. The fourth-order valence-electron chi connectivity index (χ4n) is 3.89. The molecule has 0 bridgehead atoms. The lowest BCUT2D eigenvalue weighted by molar-refractivity contribution is 0.102. The van der Waals surface area contributed by atoms with E-state index in [-0.39, 0.29) is 5.91 Å². The van der Waals surface area contributed by atoms with E-state index >= 15 is 0 Å². The van der Waals surface area contributed by atoms with Crippen LogP contribution in [0.2, 0.25) is 0 Å². The first kappa shape index (κ1) is 21.7. The van der Waals surface area contributed by atoms with E-state index in [0.29, 0.717) is 38.2 Å². The number of hydrogen-bond acceptors (Lipinski definition) is 9. The Morgan fingerprint density at radius 3 is 2.72 bits per heavy atom. The number of pyridine rings is 3. The van der Waals surface area contributed by atoms with E-state index in [1.54, 1.807) is 44.4 Å². The first-order valence-electron chi connectivity index (χ1n) is 10.9. The Hall–Kier alpha value is -4.77. The molecule has 0 saturated heterocycles. The van der Waals surface area contributed by atoms with E-state index in [1.165, 1.54) is 11.3 Å². The number of carbonyl (C=O) groups is 1. The lowest BCUT2D eigenvalue weighted by atomic mass is 10.00. The highest BCUT2D eigenvalue weighted by Gasteiger charge is 2.20. The van der Waals surface area contributed by atoms with Crippen LogP contribution in [0.15, 0.2) is 67.8 Å². The summed E-state index contributed by atoms with van der Waals surface area (Å²) in [7, 11) is 1.59. The molecule has 6 aromatic rings. The van der Waals surface area contributed by atoms with Gasteiger partial charge in [-0.3, -0.25) is 20.1 Å². The monoisotopic (exact) mass is 494 g/mol. The van der Waals surface area contributed by atoms with E-state index < -0.39 is 0 Å². The third kappa shape index (κ3) is 3.91. The van der Waals surface area contributed by atoms with Gasteiger partial charge in [0.05, 0.1) is 48.8 Å². The van der Waals surface area contributed by atoms with Crippen molar-refractivity contribution in [3.8, 4) is 28.1 Å². The van der Waals surface area contributed by atoms with Crippen LogP contribution in [0.1, 0.15) is 16.1 Å². The Balaban J connectivity index is 1.36. The minimum absolute atomic E-state index is 0.346. The molecule has 0 aliphatic heterocycles. The van der Waals surface area contributed by atoms with Crippen molar-refractivity contribution < 1.29 is 9.53 Å². The quantitative estimate of drug-likeness (QED) is 0.374. The van der Waals surface area contributed by atoms with Crippen LogP contribution in [0.4, 0.5) is 5.13 Å². The lowest BCUT2D eigenvalue weighted by Crippen LogP contribution is -2.14. The molecule has 0 aromatic carbocycles. The first-order chi connectivity index (χ1) is 17.6. The second-order valence-electron chi connectivity index (χ2n) is 7.95. The summed E-state index contributed by atoms with van der Waals surface area (Å²) < 4.78 is 7.48. The summed E-state index contributed by atoms with van der Waals surface area (Å²) in [6, 6.07) is 7.52. The molecule has 11 heteroatoms. The molecule has 0 atom stereocenters. The topological polar surface area (TPSA) is 120 Å². The Morgan fingerprint density at radius 1 is 1.03 bits per heavy atom. The molecule has 36 heavy (non-hydrogen) atoms. The molecule has 6 rings (SSSR count). The van der Waals surface area contributed by atoms with Crippen LogP contribution in [0.3, 0.4) is 0 Å². The van der Waals surface area contributed by atoms with Gasteiger partial charge < -0.3 is 9.14 Å². The molecule has 0 saturated carbocycles. The molecule has 6 aromatic heterocycles. The van der Waals surface area contributed by atoms with Crippen LogP contribution in [-0.2, 0) is 0 Å². The number of thiazole rings is 1. The molecule has 0 aliphatic rings. The van der Waals surface area contributed by atoms with E-state index in [2.05, 4.69) is 35.2 Å². The number of carbonyl (C=O) groups excluding carboxylic acids is 1. The SMILES string of the molecule is COc1cn2cncc2cc1-c1cc(C)ncc1C(=O)Nc1nc2ncc(-c3ccncc3)nc2s1. The minimum Gasteiger partial charge on any atom is -0.495 e. The van der Waals surface area contributed by atoms with Gasteiger partial charge in [-0.2, -0.15) is 4.98 Å². The Morgan fingerprint density at radius 2 is 1.89 bits per heavy atom. The van der Waals surface area contributed by atoms with Gasteiger partial charge in [0.2, 0.25) is 0 Å². The summed E-state index contributed by atoms with van der Waals surface area (Å²) >= 11 is 1.26. The van der Waals surface area contributed by atoms with Crippen molar-refractivity contribution in [3.63, 3.8) is 0 Å². The second kappa shape index (κ2) is 8.78. The van der Waals surface area contributed by atoms with E-state index in [0.717, 1.165) is 22.3 Å². The maximum atomic E-state index is 13.4. The van der Waals surface area contributed by atoms with Gasteiger partial charge in [0, 0.05) is 41.0 Å². The maximum absolute atomic E-state index is 13.4. The van der Waals surface area contributed by atoms with Crippen LogP contribution < -0.4 is 10.1 Å². The van der Waals surface area contributed by atoms with Gasteiger partial charge in [0.25, 0.3) is 5.91 Å². The smallest absolute Gasteiger partial charge is 0.259 e. The Labute approximate surface area is 208 Å². The summed E-state index contributed by atoms with van der Waals surface area (Å²) in [5, 5.41) is 3.28. The van der Waals surface area contributed by atoms with Gasteiger partial charge in [-0.25, -0.2) is 15.0 Å². The largest absolute Gasteiger partial charge is 0.495 e. The average molecular weight is 495 g/mol. The predicted molar refractivity (Wildman–Crippen MR) is 136 cm³/mol. The molecule has 1 N–H and O–H groups in total. The van der Waals surface area contributed by atoms with Gasteiger partial charge >= 0.3 is 0 Å². The van der Waals surface area contributed by atoms with Crippen molar-refractivity contribution in [3.05, 3.63) is 79.0 Å². The fraction of sp³-hybridized carbons (Fsp3) is 0.0800. The van der Waals surface area contributed by atoms with Crippen molar-refractivity contribution in [2.45, 2.75) is 6.92 Å². The minimum atomic E-state index is -0.346. The second-order valence-corrected chi connectivity index (χ2v) is 8.92. The molecule has 0 unspecified atom stereocenters. The van der Waals surface area contributed by atoms with Crippen LogP contribution >= 0.6 is 11.3 Å². The molecule has 6 heterocycles. The lowest BCUT2D eigenvalue weighted by Gasteiger charge is -2.14. The molecule has 1 amide bonds. The molecular formula is C25H18N8O2S. The number of amides is 1. The molecule has 0 fully saturated rings. The Kier molecular flexibility index (Phi) is 5.30. The Bertz CT molecular complexity index is 1750. The molecule has 0 radical (unpaired) electrons. The number of aromatic nitrogens is 7. The van der Waals surface area contributed by atoms with Crippen LogP contribution in [0, 0.1) is 6.92 Å². The maximum Gasteiger partial charge on any atom is 0.259 e. The zero-order valence-electron chi connectivity index (χ0n) is 19.2. The van der Waals surface area contributed by atoms with Gasteiger partial charge in [-0.05, 0) is 31.2 Å². The number of nitrogens with zero attached hydrogens (tertiary/aromatic N) is 7. The van der Waals surface area contributed by atoms with Gasteiger partial charge in [-0.15, -0.1) is 0 Å². The zero-order valence-corrected chi connectivity index (χ0v) is 20.0. The fourth-order valence-corrected chi connectivity index (χ4v) is 4.68. The predicted octanol–water partition coefficient (Wildman–Crippen LogP) is 4.43. The number of rotatable bonds is 5. The molecule has 10 nitrogen and oxygen atoms in total. The van der Waals surface area contributed by atoms with E-state index in [1.807, 2.05) is 41.8 Å². The van der Waals surface area contributed by atoms with Gasteiger partial charge in [-0.1, -0.05) is 11.3 Å². The highest BCUT2D eigenvalue weighted by atomic mass is 32.1. The summed E-state index contributed by atoms with van der Waals surface area (Å²) in [6.07, 6.45) is 11.9. The van der Waals surface area contributed by atoms with E-state index in [4.69, 9.17) is 4.74 Å². The molecule has 0 spiro atoms. The van der Waals surface area contributed by atoms with Gasteiger partial charge in [0.1, 0.15) is 5.75 Å². The van der Waals surface area contributed by atoms with E-state index in [9.17, 15) is 4.79 Å². The number of nitrogens with one attached hydrogen (secondary N) is 1. The first-order valence-corrected chi connectivity index (χ1v) is 11.7. The number of fused-ring (bicyclic) bond motifs is 2. The van der Waals surface area contributed by atoms with Crippen molar-refractivity contribution in [2.75, 3.05) is 12.4 Å². The number of ether oxygens (including phenoxy) is 1. The average Bonchev–Trinajstić information content (AvgIpc) is 3.53. The number of hydrogen-bond donors (Lipinski definition) is 1. The summed E-state index contributed by atoms with van der Waals surface area (Å²) in [4.78, 5) is 40.1. The van der Waals surface area contributed by atoms with Crippen molar-refractivity contribution in [2.24, 2.45) is 0 Å². The van der Waals surface area contributed by atoms with Crippen LogP contribution in [0.5, 0.6) is 5.75 Å². The van der Waals surface area contributed by atoms with Crippen molar-refractivity contribution >= 4 is 38.4 Å². The van der Waals surface area contributed by atoms with Crippen molar-refractivity contribution in [1.82, 2.24) is 34.3 Å². The number of aryl methyl sites for hydroxylation is 1. The van der Waals surface area contributed by atoms with Crippen LogP contribution in [0.25, 0.3) is 38.4 Å². The highest BCUT2D eigenvalue weighted by molar-refractivity contribution is 7.21. The molecular weight excluding hydrogens is 476 g/mol. The number of imidazole rings is 1. The van der Waals surface area contributed by atoms with Crippen LogP contribution in [-0.4, -0.2) is 47.3 Å². The summed E-state index contributed by atoms with van der Waals surface area (Å²) in [6.45, 7) is 1.88. The highest BCUT2D eigenvalue weighted by Crippen LogP contribution is 2.34. The zero-order chi connectivity index (χ0) is 24.6. The summed E-state index contributed by atoms with van der Waals surface area (Å²) in [5.41, 5.74) is 5.56. The third-order valence-electron chi connectivity index (χ3n) is 5.63. The normalized spacial score (nSPS) is 11.2. The number of anilines is 1. The standard InChI is InChI=1S/C25H18N8O2S/c1-14-7-17(18-8-16-9-27-13-33(16)12-21(18)35-2)19(10-28-14)23(34)32-25-31-22-24(36-25)30-20(11-29-22)15-3-5-26-6-4-15/h3-13H,1-2H3,(H,29,31,32,34). The molecule has 0 aliphatic carbocycles.